The maximum Gasteiger partial charge on any atom is 0.417 e. The number of ether oxygens (including phenoxy) is 1. The molecule has 1 atom stereocenters. The number of carbonyl (C=O) groups is 1. The Kier molecular flexibility index (Phi) is 6.14. The van der Waals surface area contributed by atoms with Crippen molar-refractivity contribution in [3.8, 4) is 6.07 Å². The standard InChI is InChI=1S/C20H24F3N3O2/c1-28-13-17-12-25(19(27)14-4-2-3-5-14)8-9-26(17)16-7-6-15(11-24)18(10-16)20(21,22)23/h6-7,10,14,17H,2-5,8-9,12-13H2,1H3. The van der Waals surface area contributed by atoms with Crippen LogP contribution in [-0.4, -0.2) is 50.2 Å². The fraction of sp³-hybridized carbons (Fsp3) is 0.600. The lowest BCUT2D eigenvalue weighted by Crippen LogP contribution is -2.57. The molecule has 0 bridgehead atoms. The molecule has 1 unspecified atom stereocenters. The molecule has 1 aromatic carbocycles. The molecule has 0 aromatic heterocycles. The van der Waals surface area contributed by atoms with Crippen molar-refractivity contribution in [3.63, 3.8) is 0 Å². The number of methoxy groups -OCH3 is 1. The van der Waals surface area contributed by atoms with Crippen molar-refractivity contribution in [2.24, 2.45) is 5.92 Å². The molecule has 2 aliphatic rings. The van der Waals surface area contributed by atoms with Crippen LogP contribution in [0.3, 0.4) is 0 Å². The van der Waals surface area contributed by atoms with Gasteiger partial charge in [0.15, 0.2) is 0 Å². The van der Waals surface area contributed by atoms with Crippen molar-refractivity contribution < 1.29 is 22.7 Å². The molecule has 152 valence electrons. The summed E-state index contributed by atoms with van der Waals surface area (Å²) < 4.78 is 45.2. The van der Waals surface area contributed by atoms with Gasteiger partial charge in [0, 0.05) is 38.3 Å². The lowest BCUT2D eigenvalue weighted by Gasteiger charge is -2.43. The van der Waals surface area contributed by atoms with Gasteiger partial charge in [0.05, 0.1) is 29.8 Å². The molecule has 1 heterocycles. The van der Waals surface area contributed by atoms with E-state index in [1.54, 1.807) is 6.07 Å². The molecule has 0 spiro atoms. The topological polar surface area (TPSA) is 56.6 Å². The van der Waals surface area contributed by atoms with E-state index in [2.05, 4.69) is 0 Å². The highest BCUT2D eigenvalue weighted by molar-refractivity contribution is 5.79. The Hall–Kier alpha value is -2.27. The largest absolute Gasteiger partial charge is 0.417 e. The van der Waals surface area contributed by atoms with Gasteiger partial charge in [-0.1, -0.05) is 12.8 Å². The van der Waals surface area contributed by atoms with Crippen molar-refractivity contribution in [2.75, 3.05) is 38.3 Å². The van der Waals surface area contributed by atoms with E-state index in [1.807, 2.05) is 9.80 Å². The van der Waals surface area contributed by atoms with Crippen LogP contribution < -0.4 is 4.90 Å². The van der Waals surface area contributed by atoms with E-state index in [0.717, 1.165) is 31.7 Å². The lowest BCUT2D eigenvalue weighted by atomic mass is 10.0. The summed E-state index contributed by atoms with van der Waals surface area (Å²) in [6, 6.07) is 5.13. The highest BCUT2D eigenvalue weighted by atomic mass is 19.4. The van der Waals surface area contributed by atoms with Gasteiger partial charge in [-0.25, -0.2) is 0 Å². The number of hydrogen-bond donors (Lipinski definition) is 0. The van der Waals surface area contributed by atoms with Gasteiger partial charge >= 0.3 is 6.18 Å². The zero-order valence-electron chi connectivity index (χ0n) is 15.8. The monoisotopic (exact) mass is 395 g/mol. The van der Waals surface area contributed by atoms with Crippen LogP contribution in [0.2, 0.25) is 0 Å². The van der Waals surface area contributed by atoms with Gasteiger partial charge in [0.1, 0.15) is 0 Å². The van der Waals surface area contributed by atoms with Gasteiger partial charge in [-0.05, 0) is 31.0 Å². The van der Waals surface area contributed by atoms with Crippen LogP contribution in [-0.2, 0) is 15.7 Å². The highest BCUT2D eigenvalue weighted by Gasteiger charge is 2.37. The molecule has 5 nitrogen and oxygen atoms in total. The van der Waals surface area contributed by atoms with Crippen LogP contribution in [0, 0.1) is 17.2 Å². The highest BCUT2D eigenvalue weighted by Crippen LogP contribution is 2.35. The molecule has 8 heteroatoms. The number of anilines is 1. The van der Waals surface area contributed by atoms with E-state index >= 15 is 0 Å². The summed E-state index contributed by atoms with van der Waals surface area (Å²) in [6.45, 7) is 1.62. The Morgan fingerprint density at radius 3 is 2.61 bits per heavy atom. The molecule has 1 aliphatic carbocycles. The molecule has 0 N–H and O–H groups in total. The molecule has 1 aliphatic heterocycles. The van der Waals surface area contributed by atoms with Crippen LogP contribution in [0.5, 0.6) is 0 Å². The third-order valence-corrected chi connectivity index (χ3v) is 5.62. The van der Waals surface area contributed by atoms with E-state index < -0.39 is 17.3 Å². The summed E-state index contributed by atoms with van der Waals surface area (Å²) in [5, 5.41) is 8.99. The fourth-order valence-corrected chi connectivity index (χ4v) is 4.20. The molecular weight excluding hydrogens is 371 g/mol. The number of piperazine rings is 1. The van der Waals surface area contributed by atoms with E-state index in [9.17, 15) is 18.0 Å². The first kappa shape index (κ1) is 20.5. The first-order valence-corrected chi connectivity index (χ1v) is 9.51. The zero-order chi connectivity index (χ0) is 20.3. The van der Waals surface area contributed by atoms with Crippen LogP contribution in [0.1, 0.15) is 36.8 Å². The maximum atomic E-state index is 13.3. The van der Waals surface area contributed by atoms with Gasteiger partial charge in [0.2, 0.25) is 5.91 Å². The lowest BCUT2D eigenvalue weighted by molar-refractivity contribution is -0.137. The van der Waals surface area contributed by atoms with E-state index in [1.165, 1.54) is 19.2 Å². The molecule has 1 amide bonds. The number of nitriles is 1. The number of nitrogens with zero attached hydrogens (tertiary/aromatic N) is 3. The molecule has 28 heavy (non-hydrogen) atoms. The van der Waals surface area contributed by atoms with E-state index in [-0.39, 0.29) is 17.9 Å². The van der Waals surface area contributed by atoms with Gasteiger partial charge in [0.25, 0.3) is 0 Å². The average Bonchev–Trinajstić information content (AvgIpc) is 3.21. The fourth-order valence-electron chi connectivity index (χ4n) is 4.20. The quantitative estimate of drug-likeness (QED) is 0.784. The second-order valence-electron chi connectivity index (χ2n) is 7.41. The van der Waals surface area contributed by atoms with Gasteiger partial charge in [-0.15, -0.1) is 0 Å². The minimum atomic E-state index is -4.60. The number of carbonyl (C=O) groups excluding carboxylic acids is 1. The normalized spacial score (nSPS) is 21.0. The molecule has 1 aromatic rings. The van der Waals surface area contributed by atoms with Gasteiger partial charge in [-0.3, -0.25) is 4.79 Å². The number of rotatable bonds is 4. The third-order valence-electron chi connectivity index (χ3n) is 5.62. The predicted molar refractivity (Wildman–Crippen MR) is 97.7 cm³/mol. The molecule has 3 rings (SSSR count). The minimum absolute atomic E-state index is 0.0708. The molecule has 1 saturated carbocycles. The van der Waals surface area contributed by atoms with Gasteiger partial charge < -0.3 is 14.5 Å². The Morgan fingerprint density at radius 1 is 1.29 bits per heavy atom. The number of amides is 1. The Bertz CT molecular complexity index is 754. The molecule has 2 fully saturated rings. The summed E-state index contributed by atoms with van der Waals surface area (Å²) in [4.78, 5) is 16.4. The average molecular weight is 395 g/mol. The van der Waals surface area contributed by atoms with E-state index in [4.69, 9.17) is 10.00 Å². The second-order valence-corrected chi connectivity index (χ2v) is 7.41. The van der Waals surface area contributed by atoms with Crippen molar-refractivity contribution in [1.82, 2.24) is 4.90 Å². The van der Waals surface area contributed by atoms with Crippen LogP contribution in [0.15, 0.2) is 18.2 Å². The number of alkyl halides is 3. The van der Waals surface area contributed by atoms with E-state index in [0.29, 0.717) is 31.9 Å². The summed E-state index contributed by atoms with van der Waals surface area (Å²) in [7, 11) is 1.54. The molecular formula is C20H24F3N3O2. The molecule has 1 saturated heterocycles. The van der Waals surface area contributed by atoms with Crippen LogP contribution in [0.4, 0.5) is 18.9 Å². The first-order chi connectivity index (χ1) is 13.3. The predicted octanol–water partition coefficient (Wildman–Crippen LogP) is 3.43. The van der Waals surface area contributed by atoms with Crippen molar-refractivity contribution in [1.29, 1.82) is 5.26 Å². The van der Waals surface area contributed by atoms with Crippen LogP contribution in [0.25, 0.3) is 0 Å². The number of hydrogen-bond acceptors (Lipinski definition) is 4. The zero-order valence-corrected chi connectivity index (χ0v) is 15.8. The van der Waals surface area contributed by atoms with Gasteiger partial charge in [-0.2, -0.15) is 18.4 Å². The van der Waals surface area contributed by atoms with Crippen molar-refractivity contribution in [2.45, 2.75) is 37.9 Å². The number of halogens is 3. The third kappa shape index (κ3) is 4.25. The summed E-state index contributed by atoms with van der Waals surface area (Å²) >= 11 is 0. The molecule has 0 radical (unpaired) electrons. The maximum absolute atomic E-state index is 13.3. The van der Waals surface area contributed by atoms with Crippen LogP contribution >= 0.6 is 0 Å². The number of benzene rings is 1. The Morgan fingerprint density at radius 2 is 2.00 bits per heavy atom. The minimum Gasteiger partial charge on any atom is -0.382 e. The Balaban J connectivity index is 1.82. The summed E-state index contributed by atoms with van der Waals surface area (Å²) in [5.41, 5.74) is -0.941. The summed E-state index contributed by atoms with van der Waals surface area (Å²) in [5.74, 6) is 0.218. The first-order valence-electron chi connectivity index (χ1n) is 9.51. The smallest absolute Gasteiger partial charge is 0.382 e. The summed E-state index contributed by atoms with van der Waals surface area (Å²) in [6.07, 6.45) is -0.623. The van der Waals surface area contributed by atoms with Crippen molar-refractivity contribution >= 4 is 11.6 Å². The SMILES string of the molecule is COCC1CN(C(=O)C2CCCC2)CCN1c1ccc(C#N)c(C(F)(F)F)c1. The second kappa shape index (κ2) is 8.39. The van der Waals surface area contributed by atoms with Crippen molar-refractivity contribution in [3.05, 3.63) is 29.3 Å². The Labute approximate surface area is 162 Å².